The summed E-state index contributed by atoms with van der Waals surface area (Å²) in [6.07, 6.45) is -2.60. The smallest absolute Gasteiger partial charge is 0.411 e. The van der Waals surface area contributed by atoms with Crippen molar-refractivity contribution in [2.24, 2.45) is 0 Å². The zero-order valence-electron chi connectivity index (χ0n) is 17.0. The minimum Gasteiger partial charge on any atom is -0.465 e. The summed E-state index contributed by atoms with van der Waals surface area (Å²) < 4.78 is 5.10. The molecule has 1 saturated heterocycles. The zero-order chi connectivity index (χ0) is 22.8. The molecule has 0 bridgehead atoms. The van der Waals surface area contributed by atoms with E-state index in [1.165, 1.54) is 24.3 Å². The van der Waals surface area contributed by atoms with Gasteiger partial charge in [0.1, 0.15) is 6.61 Å². The number of ether oxygens (including phenoxy) is 1. The molecule has 10 nitrogen and oxygen atoms in total. The number of carbonyl (C=O) groups excluding carboxylic acids is 3. The van der Waals surface area contributed by atoms with Crippen LogP contribution in [-0.2, 0) is 9.53 Å². The topological polar surface area (TPSA) is 128 Å². The SMILES string of the molecule is O=C1c2ccccc2C(=O)N1C[C@H](O)CN(C(=O)O)c1ccc(N2CCOCC2=O)cc1. The summed E-state index contributed by atoms with van der Waals surface area (Å²) in [5, 5.41) is 20.1. The van der Waals surface area contributed by atoms with Crippen LogP contribution in [-0.4, -0.2) is 77.9 Å². The van der Waals surface area contributed by atoms with Gasteiger partial charge in [0.25, 0.3) is 17.7 Å². The summed E-state index contributed by atoms with van der Waals surface area (Å²) in [5.41, 5.74) is 1.41. The first-order chi connectivity index (χ1) is 15.4. The molecule has 2 aliphatic rings. The third-order valence-electron chi connectivity index (χ3n) is 5.35. The summed E-state index contributed by atoms with van der Waals surface area (Å²) in [7, 11) is 0. The predicted molar refractivity (Wildman–Crippen MR) is 113 cm³/mol. The van der Waals surface area contributed by atoms with Crippen molar-refractivity contribution in [1.82, 2.24) is 4.90 Å². The van der Waals surface area contributed by atoms with Crippen LogP contribution in [0, 0.1) is 0 Å². The van der Waals surface area contributed by atoms with E-state index in [1.807, 2.05) is 0 Å². The number of morpholine rings is 1. The average Bonchev–Trinajstić information content (AvgIpc) is 3.03. The maximum atomic E-state index is 12.5. The van der Waals surface area contributed by atoms with Crippen molar-refractivity contribution in [2.45, 2.75) is 6.10 Å². The Balaban J connectivity index is 1.45. The van der Waals surface area contributed by atoms with Crippen LogP contribution >= 0.6 is 0 Å². The number of aliphatic hydroxyl groups is 1. The number of benzene rings is 2. The lowest BCUT2D eigenvalue weighted by Crippen LogP contribution is -2.44. The first-order valence-electron chi connectivity index (χ1n) is 9.98. The molecule has 0 aromatic heterocycles. The number of carboxylic acid groups (broad SMARTS) is 1. The van der Waals surface area contributed by atoms with Gasteiger partial charge >= 0.3 is 6.09 Å². The highest BCUT2D eigenvalue weighted by molar-refractivity contribution is 6.21. The van der Waals surface area contributed by atoms with E-state index < -0.39 is 24.0 Å². The van der Waals surface area contributed by atoms with Crippen LogP contribution in [0.4, 0.5) is 16.2 Å². The maximum absolute atomic E-state index is 12.5. The summed E-state index contributed by atoms with van der Waals surface area (Å²) in [6.45, 7) is 0.126. The third kappa shape index (κ3) is 4.05. The van der Waals surface area contributed by atoms with Crippen LogP contribution in [0.1, 0.15) is 20.7 Å². The predicted octanol–water partition coefficient (Wildman–Crippen LogP) is 1.19. The normalized spacial score (nSPS) is 16.8. The van der Waals surface area contributed by atoms with Crippen molar-refractivity contribution >= 4 is 35.2 Å². The Hall–Kier alpha value is -3.76. The van der Waals surface area contributed by atoms with Gasteiger partial charge in [0, 0.05) is 17.9 Å². The zero-order valence-corrected chi connectivity index (χ0v) is 17.0. The van der Waals surface area contributed by atoms with E-state index in [9.17, 15) is 29.4 Å². The number of β-amino-alcohol motifs (C(OH)–C–C–N with tert-alkyl or cyclic N) is 1. The van der Waals surface area contributed by atoms with E-state index in [2.05, 4.69) is 0 Å². The number of fused-ring (bicyclic) bond motifs is 1. The van der Waals surface area contributed by atoms with E-state index in [0.29, 0.717) is 18.8 Å². The second kappa shape index (κ2) is 8.77. The fourth-order valence-electron chi connectivity index (χ4n) is 3.78. The first kappa shape index (κ1) is 21.5. The summed E-state index contributed by atoms with van der Waals surface area (Å²) in [5.74, 6) is -1.23. The monoisotopic (exact) mass is 439 g/mol. The highest BCUT2D eigenvalue weighted by Gasteiger charge is 2.36. The Morgan fingerprint density at radius 1 is 1.03 bits per heavy atom. The Morgan fingerprint density at radius 2 is 1.66 bits per heavy atom. The second-order valence-electron chi connectivity index (χ2n) is 7.43. The highest BCUT2D eigenvalue weighted by atomic mass is 16.5. The lowest BCUT2D eigenvalue weighted by molar-refractivity contribution is -0.125. The van der Waals surface area contributed by atoms with Gasteiger partial charge < -0.3 is 19.8 Å². The van der Waals surface area contributed by atoms with E-state index >= 15 is 0 Å². The molecule has 4 amide bonds. The molecule has 32 heavy (non-hydrogen) atoms. The molecule has 10 heteroatoms. The lowest BCUT2D eigenvalue weighted by Gasteiger charge is -2.28. The minimum atomic E-state index is -1.30. The molecule has 1 fully saturated rings. The van der Waals surface area contributed by atoms with Crippen molar-refractivity contribution in [3.8, 4) is 0 Å². The molecule has 4 rings (SSSR count). The second-order valence-corrected chi connectivity index (χ2v) is 7.43. The number of hydrogen-bond acceptors (Lipinski definition) is 6. The van der Waals surface area contributed by atoms with Crippen molar-refractivity contribution in [3.63, 3.8) is 0 Å². The van der Waals surface area contributed by atoms with Crippen LogP contribution in [0.5, 0.6) is 0 Å². The lowest BCUT2D eigenvalue weighted by atomic mass is 10.1. The van der Waals surface area contributed by atoms with Crippen molar-refractivity contribution in [2.75, 3.05) is 42.6 Å². The Labute approximate surface area is 183 Å². The molecule has 0 unspecified atom stereocenters. The Bertz CT molecular complexity index is 1030. The molecule has 1 atom stereocenters. The van der Waals surface area contributed by atoms with Crippen LogP contribution in [0.3, 0.4) is 0 Å². The minimum absolute atomic E-state index is 0.00694. The standard InChI is InChI=1S/C22H21N3O7/c26-16(12-25-20(28)17-3-1-2-4-18(17)21(25)29)11-24(22(30)31)15-7-5-14(6-8-15)23-9-10-32-13-19(23)27/h1-8,16,26H,9-13H2,(H,30,31)/t16-/m1/s1. The van der Waals surface area contributed by atoms with Crippen LogP contribution in [0.2, 0.25) is 0 Å². The molecule has 2 heterocycles. The number of aliphatic hydroxyl groups excluding tert-OH is 1. The quantitative estimate of drug-likeness (QED) is 0.647. The van der Waals surface area contributed by atoms with Gasteiger partial charge in [-0.3, -0.25) is 24.2 Å². The Morgan fingerprint density at radius 3 is 2.22 bits per heavy atom. The number of imide groups is 1. The van der Waals surface area contributed by atoms with Gasteiger partial charge in [0.05, 0.1) is 36.9 Å². The summed E-state index contributed by atoms with van der Waals surface area (Å²) >= 11 is 0. The first-order valence-corrected chi connectivity index (χ1v) is 9.98. The fourth-order valence-corrected chi connectivity index (χ4v) is 3.78. The molecule has 2 aromatic carbocycles. The molecule has 0 saturated carbocycles. The molecular weight excluding hydrogens is 418 g/mol. The highest BCUT2D eigenvalue weighted by Crippen LogP contribution is 2.25. The van der Waals surface area contributed by atoms with Crippen LogP contribution < -0.4 is 9.80 Å². The van der Waals surface area contributed by atoms with E-state index in [4.69, 9.17) is 4.74 Å². The van der Waals surface area contributed by atoms with Crippen molar-refractivity contribution < 1.29 is 34.1 Å². The number of hydrogen-bond donors (Lipinski definition) is 2. The van der Waals surface area contributed by atoms with Crippen LogP contribution in [0.15, 0.2) is 48.5 Å². The molecular formula is C22H21N3O7. The van der Waals surface area contributed by atoms with Gasteiger partial charge in [-0.1, -0.05) is 12.1 Å². The Kier molecular flexibility index (Phi) is 5.89. The molecule has 2 N–H and O–H groups in total. The number of rotatable bonds is 6. The van der Waals surface area contributed by atoms with E-state index in [0.717, 1.165) is 9.80 Å². The largest absolute Gasteiger partial charge is 0.465 e. The van der Waals surface area contributed by atoms with E-state index in [1.54, 1.807) is 29.2 Å². The maximum Gasteiger partial charge on any atom is 0.411 e. The number of carbonyl (C=O) groups is 4. The van der Waals surface area contributed by atoms with E-state index in [-0.39, 0.29) is 42.4 Å². The molecule has 166 valence electrons. The van der Waals surface area contributed by atoms with Crippen LogP contribution in [0.25, 0.3) is 0 Å². The fraction of sp³-hybridized carbons (Fsp3) is 0.273. The van der Waals surface area contributed by atoms with Gasteiger partial charge in [-0.25, -0.2) is 4.79 Å². The molecule has 2 aromatic rings. The van der Waals surface area contributed by atoms with Crippen molar-refractivity contribution in [3.05, 3.63) is 59.7 Å². The van der Waals surface area contributed by atoms with Crippen molar-refractivity contribution in [1.29, 1.82) is 0 Å². The van der Waals surface area contributed by atoms with Gasteiger partial charge in [-0.2, -0.15) is 0 Å². The number of nitrogens with zero attached hydrogens (tertiary/aromatic N) is 3. The molecule has 2 aliphatic heterocycles. The number of amides is 4. The summed E-state index contributed by atoms with van der Waals surface area (Å²) in [4.78, 5) is 52.1. The third-order valence-corrected chi connectivity index (χ3v) is 5.35. The molecule has 0 aliphatic carbocycles. The summed E-state index contributed by atoms with van der Waals surface area (Å²) in [6, 6.07) is 12.6. The molecule has 0 radical (unpaired) electrons. The molecule has 0 spiro atoms. The van der Waals surface area contributed by atoms with Gasteiger partial charge in [-0.05, 0) is 36.4 Å². The van der Waals surface area contributed by atoms with Gasteiger partial charge in [0.15, 0.2) is 0 Å². The van der Waals surface area contributed by atoms with Gasteiger partial charge in [0.2, 0.25) is 0 Å². The van der Waals surface area contributed by atoms with Gasteiger partial charge in [-0.15, -0.1) is 0 Å². The number of anilines is 2. The average molecular weight is 439 g/mol.